The number of piperidine rings is 1. The molecule has 0 radical (unpaired) electrons. The molecule has 0 bridgehead atoms. The Hall–Kier alpha value is -3.24. The summed E-state index contributed by atoms with van der Waals surface area (Å²) in [6.45, 7) is 3.93. The summed E-state index contributed by atoms with van der Waals surface area (Å²) in [4.78, 5) is 19.6. The second-order valence-corrected chi connectivity index (χ2v) is 10.7. The van der Waals surface area contributed by atoms with Gasteiger partial charge in [-0.2, -0.15) is 4.98 Å². The van der Waals surface area contributed by atoms with Crippen LogP contribution in [0.5, 0.6) is 0 Å². The predicted molar refractivity (Wildman–Crippen MR) is 131 cm³/mol. The highest BCUT2D eigenvalue weighted by atomic mass is 32.2. The third-order valence-electron chi connectivity index (χ3n) is 5.95. The zero-order valence-electron chi connectivity index (χ0n) is 19.6. The van der Waals surface area contributed by atoms with E-state index < -0.39 is 10.0 Å². The molecule has 0 aliphatic carbocycles. The fourth-order valence-electron chi connectivity index (χ4n) is 4.04. The minimum Gasteiger partial charge on any atom is -0.338 e. The van der Waals surface area contributed by atoms with Gasteiger partial charge in [-0.05, 0) is 50.6 Å². The van der Waals surface area contributed by atoms with Crippen LogP contribution in [0.3, 0.4) is 0 Å². The van der Waals surface area contributed by atoms with Gasteiger partial charge in [-0.15, -0.1) is 0 Å². The average molecular weight is 484 g/mol. The molecule has 34 heavy (non-hydrogen) atoms. The highest BCUT2D eigenvalue weighted by Crippen LogP contribution is 2.24. The van der Waals surface area contributed by atoms with Gasteiger partial charge in [-0.3, -0.25) is 14.0 Å². The Balaban J connectivity index is 1.37. The van der Waals surface area contributed by atoms with Crippen LogP contribution in [0.2, 0.25) is 0 Å². The van der Waals surface area contributed by atoms with Gasteiger partial charge in [0, 0.05) is 24.8 Å². The number of anilines is 2. The number of sulfonamides is 1. The second kappa shape index (κ2) is 9.94. The van der Waals surface area contributed by atoms with Crippen molar-refractivity contribution in [3.8, 4) is 11.4 Å². The quantitative estimate of drug-likeness (QED) is 0.549. The summed E-state index contributed by atoms with van der Waals surface area (Å²) in [5, 5.41) is 7.04. The van der Waals surface area contributed by atoms with Crippen molar-refractivity contribution in [1.82, 2.24) is 15.0 Å². The van der Waals surface area contributed by atoms with E-state index in [9.17, 15) is 13.2 Å². The molecule has 0 saturated carbocycles. The number of nitrogens with one attached hydrogen (secondary N) is 1. The molecule has 10 heteroatoms. The molecule has 9 nitrogen and oxygen atoms in total. The van der Waals surface area contributed by atoms with E-state index in [4.69, 9.17) is 4.52 Å². The van der Waals surface area contributed by atoms with E-state index in [0.29, 0.717) is 36.2 Å². The summed E-state index contributed by atoms with van der Waals surface area (Å²) in [5.41, 5.74) is 3.10. The number of carbonyl (C=O) groups excluding carboxylic acids is 1. The molecule has 1 aromatic heterocycles. The molecule has 1 N–H and O–H groups in total. The number of aromatic nitrogens is 2. The summed E-state index contributed by atoms with van der Waals surface area (Å²) >= 11 is 0. The van der Waals surface area contributed by atoms with Crippen LogP contribution in [0, 0.1) is 12.8 Å². The van der Waals surface area contributed by atoms with Crippen LogP contribution in [0.25, 0.3) is 11.4 Å². The summed E-state index contributed by atoms with van der Waals surface area (Å²) in [7, 11) is -1.90. The van der Waals surface area contributed by atoms with Crippen molar-refractivity contribution in [2.45, 2.75) is 26.3 Å². The largest absolute Gasteiger partial charge is 0.338 e. The van der Waals surface area contributed by atoms with Gasteiger partial charge in [0.2, 0.25) is 27.6 Å². The topological polar surface area (TPSA) is 109 Å². The first-order valence-electron chi connectivity index (χ1n) is 11.2. The van der Waals surface area contributed by atoms with Gasteiger partial charge < -0.3 is 9.84 Å². The van der Waals surface area contributed by atoms with Gasteiger partial charge >= 0.3 is 0 Å². The van der Waals surface area contributed by atoms with Crippen molar-refractivity contribution in [2.24, 2.45) is 5.92 Å². The highest BCUT2D eigenvalue weighted by molar-refractivity contribution is 7.92. The van der Waals surface area contributed by atoms with Crippen LogP contribution in [0.1, 0.15) is 24.3 Å². The predicted octanol–water partition coefficient (Wildman–Crippen LogP) is 3.29. The van der Waals surface area contributed by atoms with Gasteiger partial charge in [0.1, 0.15) is 0 Å². The molecular formula is C24H29N5O4S. The molecule has 4 rings (SSSR count). The maximum absolute atomic E-state index is 12.9. The molecule has 1 amide bonds. The lowest BCUT2D eigenvalue weighted by Crippen LogP contribution is -2.40. The maximum Gasteiger partial charge on any atom is 0.241 e. The van der Waals surface area contributed by atoms with E-state index >= 15 is 0 Å². The number of carbonyl (C=O) groups is 1. The van der Waals surface area contributed by atoms with Crippen molar-refractivity contribution < 1.29 is 17.7 Å². The minimum absolute atomic E-state index is 0.0881. The van der Waals surface area contributed by atoms with E-state index in [1.165, 1.54) is 11.4 Å². The molecule has 1 fully saturated rings. The number of likely N-dealkylation sites (tertiary alicyclic amines) is 1. The van der Waals surface area contributed by atoms with Gasteiger partial charge in [0.05, 0.1) is 24.4 Å². The van der Waals surface area contributed by atoms with Crippen LogP contribution in [0.15, 0.2) is 53.1 Å². The van der Waals surface area contributed by atoms with Crippen molar-refractivity contribution in [2.75, 3.05) is 36.0 Å². The fraction of sp³-hybridized carbons (Fsp3) is 0.375. The van der Waals surface area contributed by atoms with Crippen molar-refractivity contribution in [3.63, 3.8) is 0 Å². The molecule has 3 aromatic rings. The molecule has 180 valence electrons. The number of aryl methyl sites for hydroxylation is 1. The Morgan fingerprint density at radius 3 is 2.79 bits per heavy atom. The molecule has 1 atom stereocenters. The lowest BCUT2D eigenvalue weighted by molar-refractivity contribution is -0.121. The Bertz CT molecular complexity index is 1270. The van der Waals surface area contributed by atoms with E-state index in [0.717, 1.165) is 36.8 Å². The molecule has 1 aliphatic rings. The third kappa shape index (κ3) is 5.81. The Morgan fingerprint density at radius 1 is 1.24 bits per heavy atom. The van der Waals surface area contributed by atoms with Crippen LogP contribution >= 0.6 is 0 Å². The summed E-state index contributed by atoms with van der Waals surface area (Å²) < 4.78 is 30.3. The van der Waals surface area contributed by atoms with Crippen molar-refractivity contribution >= 4 is 27.3 Å². The fourth-order valence-corrected chi connectivity index (χ4v) is 4.54. The summed E-state index contributed by atoms with van der Waals surface area (Å²) in [6, 6.07) is 14.8. The Kier molecular flexibility index (Phi) is 6.99. The zero-order valence-corrected chi connectivity index (χ0v) is 20.4. The van der Waals surface area contributed by atoms with E-state index in [2.05, 4.69) is 20.4 Å². The smallest absolute Gasteiger partial charge is 0.241 e. The average Bonchev–Trinajstić information content (AvgIpc) is 3.27. The number of amides is 1. The second-order valence-electron chi connectivity index (χ2n) is 8.73. The SMILES string of the molecule is Cc1cccc(-c2noc(CN3CCCC(C(=O)Nc4cccc(N(C)S(C)(=O)=O)c4)C3)n2)c1. The molecule has 2 aromatic carbocycles. The molecule has 1 saturated heterocycles. The molecule has 0 spiro atoms. The number of hydrogen-bond acceptors (Lipinski definition) is 7. The molecule has 1 aliphatic heterocycles. The molecule has 1 unspecified atom stereocenters. The van der Waals surface area contributed by atoms with Crippen LogP contribution in [-0.4, -0.2) is 55.8 Å². The lowest BCUT2D eigenvalue weighted by Gasteiger charge is -2.31. The minimum atomic E-state index is -3.38. The lowest BCUT2D eigenvalue weighted by atomic mass is 9.97. The number of rotatable bonds is 7. The highest BCUT2D eigenvalue weighted by Gasteiger charge is 2.27. The normalized spacial score (nSPS) is 16.9. The number of hydrogen-bond donors (Lipinski definition) is 1. The van der Waals surface area contributed by atoms with Gasteiger partial charge in [-0.25, -0.2) is 8.42 Å². The van der Waals surface area contributed by atoms with E-state index in [-0.39, 0.29) is 11.8 Å². The van der Waals surface area contributed by atoms with Crippen LogP contribution in [0.4, 0.5) is 11.4 Å². The number of benzene rings is 2. The van der Waals surface area contributed by atoms with Crippen LogP contribution < -0.4 is 9.62 Å². The van der Waals surface area contributed by atoms with E-state index in [1.54, 1.807) is 24.3 Å². The number of nitrogens with zero attached hydrogens (tertiary/aromatic N) is 4. The first-order chi connectivity index (χ1) is 16.2. The molecule has 2 heterocycles. The monoisotopic (exact) mass is 483 g/mol. The summed E-state index contributed by atoms with van der Waals surface area (Å²) in [6.07, 6.45) is 2.81. The van der Waals surface area contributed by atoms with Gasteiger partial charge in [-0.1, -0.05) is 35.0 Å². The van der Waals surface area contributed by atoms with E-state index in [1.807, 2.05) is 31.2 Å². The Morgan fingerprint density at radius 2 is 2.03 bits per heavy atom. The molecular weight excluding hydrogens is 454 g/mol. The third-order valence-corrected chi connectivity index (χ3v) is 7.16. The first-order valence-corrected chi connectivity index (χ1v) is 13.0. The zero-order chi connectivity index (χ0) is 24.3. The Labute approximate surface area is 199 Å². The van der Waals surface area contributed by atoms with Crippen LogP contribution in [-0.2, 0) is 21.4 Å². The standard InChI is InChI=1S/C24H29N5O4S/c1-17-7-4-8-18(13-17)23-26-22(33-27-23)16-29-12-6-9-19(15-29)24(30)25-20-10-5-11-21(14-20)28(2)34(3,31)32/h4-5,7-8,10-11,13-14,19H,6,9,12,15-16H2,1-3H3,(H,25,30). The summed E-state index contributed by atoms with van der Waals surface area (Å²) in [5.74, 6) is 0.803. The van der Waals surface area contributed by atoms with Gasteiger partial charge in [0.15, 0.2) is 0 Å². The van der Waals surface area contributed by atoms with Crippen molar-refractivity contribution in [1.29, 1.82) is 0 Å². The first kappa shape index (κ1) is 23.9. The van der Waals surface area contributed by atoms with Crippen molar-refractivity contribution in [3.05, 3.63) is 60.0 Å². The maximum atomic E-state index is 12.9. The van der Waals surface area contributed by atoms with Gasteiger partial charge in [0.25, 0.3) is 0 Å².